The van der Waals surface area contributed by atoms with Gasteiger partial charge in [0.15, 0.2) is 0 Å². The van der Waals surface area contributed by atoms with Crippen molar-refractivity contribution in [2.45, 2.75) is 18.9 Å². The number of amides is 2. The maximum atomic E-state index is 12.4. The number of halogens is 1. The Hall–Kier alpha value is -2.87. The highest BCUT2D eigenvalue weighted by Crippen LogP contribution is 2.23. The molecule has 2 heterocycles. The van der Waals surface area contributed by atoms with Gasteiger partial charge in [0.25, 0.3) is 17.5 Å². The Morgan fingerprint density at radius 1 is 1.27 bits per heavy atom. The highest BCUT2D eigenvalue weighted by molar-refractivity contribution is 6.31. The lowest BCUT2D eigenvalue weighted by Crippen LogP contribution is -2.46. The molecule has 1 aliphatic rings. The van der Waals surface area contributed by atoms with Crippen molar-refractivity contribution in [1.29, 1.82) is 0 Å². The first-order valence-corrected chi connectivity index (χ1v) is 8.40. The van der Waals surface area contributed by atoms with Gasteiger partial charge in [-0.15, -0.1) is 0 Å². The molecule has 0 unspecified atom stereocenters. The van der Waals surface area contributed by atoms with E-state index in [0.29, 0.717) is 31.5 Å². The average Bonchev–Trinajstić information content (AvgIpc) is 3.16. The smallest absolute Gasteiger partial charge is 0.282 e. The number of hydrogen-bond donors (Lipinski definition) is 1. The summed E-state index contributed by atoms with van der Waals surface area (Å²) in [4.78, 5) is 36.8. The van der Waals surface area contributed by atoms with Gasteiger partial charge in [-0.3, -0.25) is 19.7 Å². The van der Waals surface area contributed by atoms with E-state index in [0.717, 1.165) is 0 Å². The van der Waals surface area contributed by atoms with Crippen LogP contribution in [0.5, 0.6) is 0 Å². The maximum absolute atomic E-state index is 12.4. The number of carbonyl (C=O) groups is 2. The Labute approximate surface area is 153 Å². The first kappa shape index (κ1) is 17.9. The Bertz CT molecular complexity index is 829. The van der Waals surface area contributed by atoms with E-state index in [1.165, 1.54) is 30.7 Å². The van der Waals surface area contributed by atoms with Gasteiger partial charge in [0.05, 0.1) is 16.7 Å². The largest absolute Gasteiger partial charge is 0.472 e. The topological polar surface area (TPSA) is 106 Å². The van der Waals surface area contributed by atoms with Gasteiger partial charge in [-0.25, -0.2) is 0 Å². The molecule has 0 saturated carbocycles. The summed E-state index contributed by atoms with van der Waals surface area (Å²) in [6, 6.07) is 5.30. The fourth-order valence-corrected chi connectivity index (χ4v) is 3.08. The molecule has 2 amide bonds. The Balaban J connectivity index is 1.61. The zero-order chi connectivity index (χ0) is 18.7. The molecule has 1 aliphatic heterocycles. The predicted molar refractivity (Wildman–Crippen MR) is 93.2 cm³/mol. The third-order valence-electron chi connectivity index (χ3n) is 4.29. The summed E-state index contributed by atoms with van der Waals surface area (Å²) in [5.41, 5.74) is 0.126. The van der Waals surface area contributed by atoms with Crippen LogP contribution in [0.2, 0.25) is 5.02 Å². The Morgan fingerprint density at radius 2 is 2.00 bits per heavy atom. The van der Waals surface area contributed by atoms with E-state index in [2.05, 4.69) is 5.32 Å². The zero-order valence-corrected chi connectivity index (χ0v) is 14.4. The van der Waals surface area contributed by atoms with Gasteiger partial charge in [-0.05, 0) is 31.0 Å². The fourth-order valence-electron chi connectivity index (χ4n) is 2.91. The second-order valence-electron chi connectivity index (χ2n) is 5.97. The molecule has 1 fully saturated rings. The summed E-state index contributed by atoms with van der Waals surface area (Å²) >= 11 is 5.86. The van der Waals surface area contributed by atoms with Crippen molar-refractivity contribution in [2.24, 2.45) is 0 Å². The van der Waals surface area contributed by atoms with Crippen molar-refractivity contribution in [2.75, 3.05) is 13.1 Å². The number of likely N-dealkylation sites (tertiary alicyclic amines) is 1. The van der Waals surface area contributed by atoms with Gasteiger partial charge in [-0.1, -0.05) is 11.6 Å². The van der Waals surface area contributed by atoms with Gasteiger partial charge >= 0.3 is 0 Å². The lowest BCUT2D eigenvalue weighted by atomic mass is 10.0. The molecule has 1 saturated heterocycles. The molecule has 3 rings (SSSR count). The normalized spacial score (nSPS) is 14.9. The third-order valence-corrected chi connectivity index (χ3v) is 4.52. The van der Waals surface area contributed by atoms with Crippen LogP contribution in [0.25, 0.3) is 0 Å². The number of nitrogens with zero attached hydrogens (tertiary/aromatic N) is 2. The van der Waals surface area contributed by atoms with Gasteiger partial charge in [0.2, 0.25) is 0 Å². The summed E-state index contributed by atoms with van der Waals surface area (Å²) in [5, 5.41) is 14.1. The second-order valence-corrected chi connectivity index (χ2v) is 6.41. The SMILES string of the molecule is O=C(NC1CCN(C(=O)c2ccoc2)CC1)c1cc(Cl)ccc1[N+](=O)[O-]. The molecule has 0 bridgehead atoms. The van der Waals surface area contributed by atoms with Crippen molar-refractivity contribution in [3.05, 3.63) is 63.1 Å². The van der Waals surface area contributed by atoms with Gasteiger partial charge in [0.1, 0.15) is 11.8 Å². The molecular weight excluding hydrogens is 362 g/mol. The Kier molecular flexibility index (Phi) is 5.22. The van der Waals surface area contributed by atoms with Gasteiger partial charge in [-0.2, -0.15) is 0 Å². The van der Waals surface area contributed by atoms with E-state index in [1.807, 2.05) is 0 Å². The minimum atomic E-state index is -0.614. The van der Waals surface area contributed by atoms with E-state index in [1.54, 1.807) is 11.0 Å². The average molecular weight is 378 g/mol. The molecule has 1 N–H and O–H groups in total. The van der Waals surface area contributed by atoms with Crippen molar-refractivity contribution >= 4 is 29.1 Å². The molecule has 136 valence electrons. The highest BCUT2D eigenvalue weighted by Gasteiger charge is 2.27. The lowest BCUT2D eigenvalue weighted by molar-refractivity contribution is -0.385. The van der Waals surface area contributed by atoms with Crippen molar-refractivity contribution in [1.82, 2.24) is 10.2 Å². The van der Waals surface area contributed by atoms with E-state index >= 15 is 0 Å². The minimum Gasteiger partial charge on any atom is -0.472 e. The number of furan rings is 1. The van der Waals surface area contributed by atoms with Crippen molar-refractivity contribution in [3.63, 3.8) is 0 Å². The number of nitro benzene ring substituents is 1. The predicted octanol–water partition coefficient (Wildman–Crippen LogP) is 2.88. The monoisotopic (exact) mass is 377 g/mol. The molecular formula is C17H16ClN3O5. The van der Waals surface area contributed by atoms with Crippen molar-refractivity contribution < 1.29 is 18.9 Å². The number of rotatable bonds is 4. The lowest BCUT2D eigenvalue weighted by Gasteiger charge is -2.32. The van der Waals surface area contributed by atoms with Gasteiger partial charge < -0.3 is 14.6 Å². The quantitative estimate of drug-likeness (QED) is 0.651. The third kappa shape index (κ3) is 3.85. The molecule has 9 heteroatoms. The number of carbonyl (C=O) groups excluding carboxylic acids is 2. The summed E-state index contributed by atoms with van der Waals surface area (Å²) in [6.45, 7) is 0.958. The zero-order valence-electron chi connectivity index (χ0n) is 13.7. The van der Waals surface area contributed by atoms with E-state index < -0.39 is 10.8 Å². The van der Waals surface area contributed by atoms with Crippen LogP contribution in [-0.4, -0.2) is 40.8 Å². The fraction of sp³-hybridized carbons (Fsp3) is 0.294. The van der Waals surface area contributed by atoms with Gasteiger partial charge in [0, 0.05) is 30.2 Å². The maximum Gasteiger partial charge on any atom is 0.282 e. The van der Waals surface area contributed by atoms with E-state index in [-0.39, 0.29) is 28.2 Å². The minimum absolute atomic E-state index is 0.0700. The van der Waals surface area contributed by atoms with Crippen molar-refractivity contribution in [3.8, 4) is 0 Å². The van der Waals surface area contributed by atoms with Crippen LogP contribution < -0.4 is 5.32 Å². The molecule has 0 atom stereocenters. The first-order chi connectivity index (χ1) is 12.5. The number of nitrogens with one attached hydrogen (secondary N) is 1. The molecule has 1 aromatic heterocycles. The van der Waals surface area contributed by atoms with Crippen LogP contribution in [0.4, 0.5) is 5.69 Å². The van der Waals surface area contributed by atoms with Crippen LogP contribution in [0, 0.1) is 10.1 Å². The van der Waals surface area contributed by atoms with Crippen LogP contribution in [0.3, 0.4) is 0 Å². The standard InChI is InChI=1S/C17H16ClN3O5/c18-12-1-2-15(21(24)25)14(9-12)16(22)19-13-3-6-20(7-4-13)17(23)11-5-8-26-10-11/h1-2,5,8-10,13H,3-4,6-7H2,(H,19,22). The molecule has 0 aliphatic carbocycles. The van der Waals surface area contributed by atoms with E-state index in [9.17, 15) is 19.7 Å². The molecule has 8 nitrogen and oxygen atoms in total. The number of benzene rings is 1. The first-order valence-electron chi connectivity index (χ1n) is 8.02. The molecule has 0 spiro atoms. The second kappa shape index (κ2) is 7.57. The summed E-state index contributed by atoms with van der Waals surface area (Å²) < 4.78 is 4.92. The number of nitro groups is 1. The van der Waals surface area contributed by atoms with Crippen LogP contribution in [0.1, 0.15) is 33.6 Å². The molecule has 0 radical (unpaired) electrons. The van der Waals surface area contributed by atoms with Crippen LogP contribution >= 0.6 is 11.6 Å². The van der Waals surface area contributed by atoms with E-state index in [4.69, 9.17) is 16.0 Å². The summed E-state index contributed by atoms with van der Waals surface area (Å²) in [6.07, 6.45) is 3.96. The Morgan fingerprint density at radius 3 is 2.62 bits per heavy atom. The molecule has 2 aromatic rings. The van der Waals surface area contributed by atoms with Crippen LogP contribution in [0.15, 0.2) is 41.2 Å². The molecule has 1 aromatic carbocycles. The number of piperidine rings is 1. The van der Waals surface area contributed by atoms with Crippen LogP contribution in [-0.2, 0) is 0 Å². The number of hydrogen-bond acceptors (Lipinski definition) is 5. The highest BCUT2D eigenvalue weighted by atomic mass is 35.5. The molecule has 26 heavy (non-hydrogen) atoms. The summed E-state index contributed by atoms with van der Waals surface area (Å²) in [5.74, 6) is -0.659. The summed E-state index contributed by atoms with van der Waals surface area (Å²) in [7, 11) is 0.